The van der Waals surface area contributed by atoms with E-state index < -0.39 is 0 Å². The fourth-order valence-electron chi connectivity index (χ4n) is 6.83. The molecule has 0 spiro atoms. The van der Waals surface area contributed by atoms with Crippen LogP contribution in [-0.2, 0) is 32.9 Å². The Balaban J connectivity index is 0.000000190. The van der Waals surface area contributed by atoms with Crippen molar-refractivity contribution < 1.29 is 20.1 Å². The Kier molecular flexibility index (Phi) is 11.8. The molecule has 0 aliphatic heterocycles. The second-order valence-corrected chi connectivity index (χ2v) is 13.8. The van der Waals surface area contributed by atoms with Gasteiger partial charge in [0.15, 0.2) is 5.69 Å². The van der Waals surface area contributed by atoms with E-state index in [0.717, 1.165) is 63.4 Å². The van der Waals surface area contributed by atoms with E-state index in [4.69, 9.17) is 16.5 Å². The first-order valence-corrected chi connectivity index (χ1v) is 17.9. The first-order valence-electron chi connectivity index (χ1n) is 17.9. The summed E-state index contributed by atoms with van der Waals surface area (Å²) in [6, 6.07) is 53.5. The van der Waals surface area contributed by atoms with Crippen LogP contribution in [0.3, 0.4) is 0 Å². The van der Waals surface area contributed by atoms with Gasteiger partial charge in [-0.1, -0.05) is 82.3 Å². The molecule has 0 bridgehead atoms. The first kappa shape index (κ1) is 37.2. The molecule has 6 aromatic carbocycles. The van der Waals surface area contributed by atoms with Gasteiger partial charge in [-0.2, -0.15) is 0 Å². The van der Waals surface area contributed by atoms with Gasteiger partial charge in [-0.15, -0.1) is 71.8 Å². The number of hydrogen-bond acceptors (Lipinski definition) is 2. The molecule has 0 aliphatic carbocycles. The van der Waals surface area contributed by atoms with E-state index in [1.807, 2.05) is 84.9 Å². The largest absolute Gasteiger partial charge is 0.333 e. The molecule has 0 amide bonds. The summed E-state index contributed by atoms with van der Waals surface area (Å²) in [6.07, 6.45) is 1.82. The molecule has 1 radical (unpaired) electrons. The number of fused-ring (bicyclic) bond motifs is 2. The van der Waals surface area contributed by atoms with E-state index in [0.29, 0.717) is 17.5 Å². The van der Waals surface area contributed by atoms with Gasteiger partial charge in [-0.25, -0.2) is 4.85 Å². The minimum atomic E-state index is 0. The van der Waals surface area contributed by atoms with Crippen LogP contribution >= 0.6 is 0 Å². The van der Waals surface area contributed by atoms with Gasteiger partial charge in [0.25, 0.3) is 0 Å². The molecule has 5 nitrogen and oxygen atoms in total. The second kappa shape index (κ2) is 16.8. The van der Waals surface area contributed by atoms with Crippen LogP contribution in [0.5, 0.6) is 0 Å². The summed E-state index contributed by atoms with van der Waals surface area (Å²) in [4.78, 5) is 13.6. The van der Waals surface area contributed by atoms with Crippen LogP contribution in [0.4, 0.5) is 5.69 Å². The SMILES string of the molecule is [C-]#[N+]c1cc(CC(C)C)c(-n2c(-c3[c-]cccc3)nc3ccccc32)c(CC(C)C)c1.[Ir].[c-]1ccccc1-c1nc2ccccc2n1-c1ccccc1. The molecule has 53 heavy (non-hydrogen) atoms. The predicted octanol–water partition coefficient (Wildman–Crippen LogP) is 11.9. The molecule has 0 aliphatic rings. The summed E-state index contributed by atoms with van der Waals surface area (Å²) in [6.45, 7) is 16.6. The topological polar surface area (TPSA) is 40.0 Å². The van der Waals surface area contributed by atoms with Crippen LogP contribution in [0.15, 0.2) is 140 Å². The Morgan fingerprint density at radius 3 is 1.51 bits per heavy atom. The molecular formula is C47H41IrN5-2. The molecule has 6 heteroatoms. The van der Waals surface area contributed by atoms with Gasteiger partial charge in [0, 0.05) is 31.5 Å². The molecule has 8 rings (SSSR count). The maximum Gasteiger partial charge on any atom is 0.187 e. The number of aromatic nitrogens is 4. The zero-order valence-corrected chi connectivity index (χ0v) is 32.8. The van der Waals surface area contributed by atoms with Gasteiger partial charge in [0.1, 0.15) is 0 Å². The molecule has 2 heterocycles. The van der Waals surface area contributed by atoms with Crippen LogP contribution in [0.2, 0.25) is 0 Å². The van der Waals surface area contributed by atoms with Gasteiger partial charge in [0.05, 0.1) is 40.3 Å². The zero-order chi connectivity index (χ0) is 36.0. The number of para-hydroxylation sites is 5. The number of rotatable bonds is 8. The van der Waals surface area contributed by atoms with E-state index in [9.17, 15) is 0 Å². The van der Waals surface area contributed by atoms with Gasteiger partial charge in [-0.3, -0.25) is 9.97 Å². The molecule has 8 aromatic rings. The van der Waals surface area contributed by atoms with Crippen molar-refractivity contribution in [2.24, 2.45) is 11.8 Å². The van der Waals surface area contributed by atoms with Crippen LogP contribution in [0.1, 0.15) is 38.8 Å². The Morgan fingerprint density at radius 1 is 0.585 bits per heavy atom. The van der Waals surface area contributed by atoms with Crippen molar-refractivity contribution in [2.45, 2.75) is 40.5 Å². The fourth-order valence-corrected chi connectivity index (χ4v) is 6.83. The minimum Gasteiger partial charge on any atom is -0.333 e. The summed E-state index contributed by atoms with van der Waals surface area (Å²) >= 11 is 0. The Bertz CT molecular complexity index is 2440. The van der Waals surface area contributed by atoms with Crippen molar-refractivity contribution in [3.8, 4) is 34.2 Å². The normalized spacial score (nSPS) is 11.0. The third kappa shape index (κ3) is 8.08. The Morgan fingerprint density at radius 2 is 1.04 bits per heavy atom. The average molecular weight is 868 g/mol. The maximum atomic E-state index is 7.66. The Hall–Kier alpha value is -5.60. The average Bonchev–Trinajstić information content (AvgIpc) is 3.75. The smallest absolute Gasteiger partial charge is 0.187 e. The van der Waals surface area contributed by atoms with Crippen molar-refractivity contribution in [1.29, 1.82) is 0 Å². The van der Waals surface area contributed by atoms with Crippen molar-refractivity contribution in [1.82, 2.24) is 19.1 Å². The monoisotopic (exact) mass is 868 g/mol. The quantitative estimate of drug-likeness (QED) is 0.143. The number of benzene rings is 6. The second-order valence-electron chi connectivity index (χ2n) is 13.8. The standard InChI is InChI=1S/C28H28N3.C19H13N2.Ir/c1-19(2)15-22-17-24(29-5)18-23(16-20(3)4)27(22)31-26-14-10-9-13-25(26)30-28(31)21-11-7-6-8-12-21;1-3-9-15(10-4-1)19-20-17-13-7-8-14-18(17)21(19)16-11-5-2-6-12-16;/h6-11,13-14,17-20H,15-16H2,1-4H3;1-9,11-14H;/q2*-1;. The van der Waals surface area contributed by atoms with Crippen LogP contribution < -0.4 is 0 Å². The van der Waals surface area contributed by atoms with E-state index in [-0.39, 0.29) is 20.1 Å². The van der Waals surface area contributed by atoms with Crippen molar-refractivity contribution in [3.05, 3.63) is 174 Å². The summed E-state index contributed by atoms with van der Waals surface area (Å²) in [5.74, 6) is 2.77. The van der Waals surface area contributed by atoms with E-state index in [1.54, 1.807) is 0 Å². The summed E-state index contributed by atoms with van der Waals surface area (Å²) in [7, 11) is 0. The first-order chi connectivity index (χ1) is 25.4. The molecular weight excluding hydrogens is 827 g/mol. The van der Waals surface area contributed by atoms with Crippen LogP contribution in [0, 0.1) is 30.5 Å². The zero-order valence-electron chi connectivity index (χ0n) is 30.4. The van der Waals surface area contributed by atoms with E-state index >= 15 is 0 Å². The fraction of sp³-hybridized carbons (Fsp3) is 0.170. The van der Waals surface area contributed by atoms with Gasteiger partial charge < -0.3 is 9.13 Å². The Labute approximate surface area is 326 Å². The molecule has 0 saturated carbocycles. The molecule has 0 N–H and O–H groups in total. The minimum absolute atomic E-state index is 0. The summed E-state index contributed by atoms with van der Waals surface area (Å²) in [5.41, 5.74) is 11.5. The third-order valence-electron chi connectivity index (χ3n) is 8.90. The van der Waals surface area contributed by atoms with Crippen molar-refractivity contribution in [3.63, 3.8) is 0 Å². The number of hydrogen-bond donors (Lipinski definition) is 0. The van der Waals surface area contributed by atoms with Crippen LogP contribution in [-0.4, -0.2) is 19.1 Å². The molecule has 0 unspecified atom stereocenters. The summed E-state index contributed by atoms with van der Waals surface area (Å²) < 4.78 is 4.48. The maximum absolute atomic E-state index is 7.66. The molecule has 0 atom stereocenters. The third-order valence-corrected chi connectivity index (χ3v) is 8.90. The van der Waals surface area contributed by atoms with E-state index in [1.165, 1.54) is 16.8 Å². The molecule has 265 valence electrons. The molecule has 2 aromatic heterocycles. The van der Waals surface area contributed by atoms with Gasteiger partial charge in [-0.05, 0) is 72.2 Å². The predicted molar refractivity (Wildman–Crippen MR) is 214 cm³/mol. The number of imidazole rings is 2. The van der Waals surface area contributed by atoms with Gasteiger partial charge >= 0.3 is 0 Å². The molecule has 0 saturated heterocycles. The number of nitrogens with zero attached hydrogens (tertiary/aromatic N) is 5. The van der Waals surface area contributed by atoms with Crippen molar-refractivity contribution >= 4 is 27.8 Å². The van der Waals surface area contributed by atoms with Gasteiger partial charge in [0.2, 0.25) is 0 Å². The van der Waals surface area contributed by atoms with Crippen LogP contribution in [0.25, 0.3) is 61.1 Å². The van der Waals surface area contributed by atoms with E-state index in [2.05, 4.69) is 108 Å². The van der Waals surface area contributed by atoms with Crippen molar-refractivity contribution in [2.75, 3.05) is 0 Å². The summed E-state index contributed by atoms with van der Waals surface area (Å²) in [5, 5.41) is 0. The molecule has 0 fully saturated rings.